The van der Waals surface area contributed by atoms with Gasteiger partial charge in [0, 0.05) is 12.3 Å². The summed E-state index contributed by atoms with van der Waals surface area (Å²) in [6.45, 7) is 2.19. The minimum Gasteiger partial charge on any atom is -0.480 e. The number of ether oxygens (including phenoxy) is 1. The number of nitrogens with one attached hydrogen (secondary N) is 1. The summed E-state index contributed by atoms with van der Waals surface area (Å²) in [6.07, 6.45) is -0.691. The van der Waals surface area contributed by atoms with Crippen LogP contribution in [0.3, 0.4) is 0 Å². The van der Waals surface area contributed by atoms with Crippen LogP contribution in [0.15, 0.2) is 30.3 Å². The Morgan fingerprint density at radius 2 is 2.05 bits per heavy atom. The van der Waals surface area contributed by atoms with Gasteiger partial charge in [0.2, 0.25) is 0 Å². The van der Waals surface area contributed by atoms with Gasteiger partial charge in [-0.2, -0.15) is 12.6 Å². The summed E-state index contributed by atoms with van der Waals surface area (Å²) in [7, 11) is 0. The number of aliphatic carboxylic acids is 1. The quantitative estimate of drug-likeness (QED) is 0.525. The number of amides is 1. The predicted molar refractivity (Wildman–Crippen MR) is 77.4 cm³/mol. The van der Waals surface area contributed by atoms with Gasteiger partial charge in [0.15, 0.2) is 0 Å². The highest BCUT2D eigenvalue weighted by atomic mass is 32.1. The fourth-order valence-corrected chi connectivity index (χ4v) is 1.91. The summed E-state index contributed by atoms with van der Waals surface area (Å²) in [6, 6.07) is 8.32. The number of hydrazine groups is 1. The molecule has 0 radical (unpaired) electrons. The van der Waals surface area contributed by atoms with E-state index in [2.05, 4.69) is 18.1 Å². The zero-order valence-electron chi connectivity index (χ0n) is 11.2. The Balaban J connectivity index is 2.49. The van der Waals surface area contributed by atoms with Crippen LogP contribution in [0.25, 0.3) is 0 Å². The summed E-state index contributed by atoms with van der Waals surface area (Å²) in [5.74, 6) is -0.965. The molecule has 0 heterocycles. The summed E-state index contributed by atoms with van der Waals surface area (Å²) in [5, 5.41) is 10.3. The van der Waals surface area contributed by atoms with E-state index in [0.717, 1.165) is 5.56 Å². The van der Waals surface area contributed by atoms with E-state index in [9.17, 15) is 9.59 Å². The smallest absolute Gasteiger partial charge is 0.422 e. The molecule has 0 bridgehead atoms. The van der Waals surface area contributed by atoms with Gasteiger partial charge in [-0.1, -0.05) is 37.3 Å². The van der Waals surface area contributed by atoms with Crippen LogP contribution < -0.4 is 5.43 Å². The summed E-state index contributed by atoms with van der Waals surface area (Å²) < 4.78 is 5.03. The summed E-state index contributed by atoms with van der Waals surface area (Å²) in [5.41, 5.74) is 3.27. The number of carbonyl (C=O) groups is 2. The fraction of sp³-hybridized carbons (Fsp3) is 0.385. The minimum absolute atomic E-state index is 0.0855. The van der Waals surface area contributed by atoms with Gasteiger partial charge >= 0.3 is 12.1 Å². The number of likely N-dealkylation sites (N-methyl/N-ethyl adjacent to an activating group) is 1. The van der Waals surface area contributed by atoms with E-state index >= 15 is 0 Å². The molecule has 0 spiro atoms. The van der Waals surface area contributed by atoms with Crippen LogP contribution in [-0.2, 0) is 16.1 Å². The average molecular weight is 298 g/mol. The number of rotatable bonds is 7. The van der Waals surface area contributed by atoms with Crippen LogP contribution >= 0.6 is 12.6 Å². The first-order chi connectivity index (χ1) is 9.58. The molecule has 0 aliphatic heterocycles. The second kappa shape index (κ2) is 8.44. The van der Waals surface area contributed by atoms with E-state index < -0.39 is 18.1 Å². The Hall–Kier alpha value is -1.73. The van der Waals surface area contributed by atoms with Crippen LogP contribution in [-0.4, -0.2) is 40.5 Å². The van der Waals surface area contributed by atoms with Gasteiger partial charge in [0.1, 0.15) is 12.6 Å². The van der Waals surface area contributed by atoms with Gasteiger partial charge in [-0.25, -0.2) is 9.80 Å². The van der Waals surface area contributed by atoms with Crippen LogP contribution in [0.2, 0.25) is 0 Å². The van der Waals surface area contributed by atoms with E-state index in [0.29, 0.717) is 6.54 Å². The molecule has 7 heteroatoms. The zero-order chi connectivity index (χ0) is 15.0. The number of benzene rings is 1. The van der Waals surface area contributed by atoms with E-state index in [1.54, 1.807) is 6.92 Å². The number of thiol groups is 1. The van der Waals surface area contributed by atoms with Crippen LogP contribution in [0.1, 0.15) is 12.5 Å². The van der Waals surface area contributed by atoms with Crippen molar-refractivity contribution in [2.24, 2.45) is 0 Å². The lowest BCUT2D eigenvalue weighted by atomic mass is 10.2. The van der Waals surface area contributed by atoms with Gasteiger partial charge in [-0.05, 0) is 5.56 Å². The normalized spacial score (nSPS) is 11.9. The van der Waals surface area contributed by atoms with E-state index in [1.807, 2.05) is 30.3 Å². The van der Waals surface area contributed by atoms with Gasteiger partial charge in [0.05, 0.1) is 0 Å². The molecule has 1 aromatic carbocycles. The zero-order valence-corrected chi connectivity index (χ0v) is 12.0. The Kier molecular flexibility index (Phi) is 6.89. The predicted octanol–water partition coefficient (Wildman–Crippen LogP) is 1.53. The lowest BCUT2D eigenvalue weighted by Crippen LogP contribution is -2.52. The molecule has 0 aliphatic rings. The molecular weight excluding hydrogens is 280 g/mol. The van der Waals surface area contributed by atoms with E-state index in [4.69, 9.17) is 9.84 Å². The molecule has 6 nitrogen and oxygen atoms in total. The summed E-state index contributed by atoms with van der Waals surface area (Å²) >= 11 is 3.97. The van der Waals surface area contributed by atoms with Gasteiger partial charge in [0.25, 0.3) is 0 Å². The average Bonchev–Trinajstić information content (AvgIpc) is 2.45. The second-order valence-corrected chi connectivity index (χ2v) is 4.36. The highest BCUT2D eigenvalue weighted by molar-refractivity contribution is 7.80. The first-order valence-corrected chi connectivity index (χ1v) is 6.79. The first-order valence-electron chi connectivity index (χ1n) is 6.16. The number of nitrogens with zero attached hydrogens (tertiary/aromatic N) is 1. The number of hydrogen-bond donors (Lipinski definition) is 3. The van der Waals surface area contributed by atoms with Crippen molar-refractivity contribution < 1.29 is 19.4 Å². The molecule has 0 aliphatic carbocycles. The van der Waals surface area contributed by atoms with Crippen molar-refractivity contribution in [3.8, 4) is 0 Å². The molecule has 0 saturated carbocycles. The SMILES string of the molecule is CCN(NC(=O)OCc1ccccc1)[C@@H](CS)C(=O)O. The molecule has 1 amide bonds. The number of carboxylic acids is 1. The third kappa shape index (κ3) is 5.10. The second-order valence-electron chi connectivity index (χ2n) is 4.00. The van der Waals surface area contributed by atoms with Crippen molar-refractivity contribution in [1.29, 1.82) is 0 Å². The third-order valence-electron chi connectivity index (χ3n) is 2.62. The maximum atomic E-state index is 11.6. The highest BCUT2D eigenvalue weighted by Gasteiger charge is 2.24. The number of hydrogen-bond acceptors (Lipinski definition) is 5. The Bertz CT molecular complexity index is 441. The van der Waals surface area contributed by atoms with E-state index in [1.165, 1.54) is 5.01 Å². The molecule has 2 N–H and O–H groups in total. The molecule has 1 rings (SSSR count). The van der Waals surface area contributed by atoms with Crippen molar-refractivity contribution in [3.63, 3.8) is 0 Å². The van der Waals surface area contributed by atoms with Crippen molar-refractivity contribution >= 4 is 24.7 Å². The molecule has 0 fully saturated rings. The van der Waals surface area contributed by atoms with Crippen molar-refractivity contribution in [2.45, 2.75) is 19.6 Å². The Morgan fingerprint density at radius 3 is 2.55 bits per heavy atom. The minimum atomic E-state index is -1.05. The van der Waals surface area contributed by atoms with Crippen LogP contribution in [0, 0.1) is 0 Å². The van der Waals surface area contributed by atoms with Gasteiger partial charge in [-0.3, -0.25) is 10.2 Å². The third-order valence-corrected chi connectivity index (χ3v) is 2.97. The molecule has 110 valence electrons. The van der Waals surface area contributed by atoms with Crippen molar-refractivity contribution in [2.75, 3.05) is 12.3 Å². The molecule has 1 atom stereocenters. The number of carboxylic acid groups (broad SMARTS) is 1. The van der Waals surface area contributed by atoms with Crippen molar-refractivity contribution in [3.05, 3.63) is 35.9 Å². The molecule has 0 aromatic heterocycles. The lowest BCUT2D eigenvalue weighted by Gasteiger charge is -2.26. The largest absolute Gasteiger partial charge is 0.480 e. The standard InChI is InChI=1S/C13H18N2O4S/c1-2-15(11(9-20)12(16)17)14-13(18)19-8-10-6-4-3-5-7-10/h3-7,11,20H,2,8-9H2,1H3,(H,14,18)(H,16,17)/t11-/m0/s1. The van der Waals surface area contributed by atoms with Crippen LogP contribution in [0.5, 0.6) is 0 Å². The Labute approximate surface area is 123 Å². The highest BCUT2D eigenvalue weighted by Crippen LogP contribution is 2.02. The van der Waals surface area contributed by atoms with Gasteiger partial charge in [-0.15, -0.1) is 0 Å². The summed E-state index contributed by atoms with van der Waals surface area (Å²) in [4.78, 5) is 22.6. The number of carbonyl (C=O) groups excluding carboxylic acids is 1. The molecule has 0 unspecified atom stereocenters. The van der Waals surface area contributed by atoms with Crippen molar-refractivity contribution in [1.82, 2.24) is 10.4 Å². The first kappa shape index (κ1) is 16.3. The molecule has 20 heavy (non-hydrogen) atoms. The Morgan fingerprint density at radius 1 is 1.40 bits per heavy atom. The maximum absolute atomic E-state index is 11.6. The monoisotopic (exact) mass is 298 g/mol. The topological polar surface area (TPSA) is 78.9 Å². The van der Waals surface area contributed by atoms with E-state index in [-0.39, 0.29) is 12.4 Å². The fourth-order valence-electron chi connectivity index (χ4n) is 1.56. The van der Waals surface area contributed by atoms with Gasteiger partial charge < -0.3 is 9.84 Å². The maximum Gasteiger partial charge on any atom is 0.422 e. The molecular formula is C13H18N2O4S. The molecule has 0 saturated heterocycles. The molecule has 1 aromatic rings. The lowest BCUT2D eigenvalue weighted by molar-refractivity contribution is -0.143. The van der Waals surface area contributed by atoms with Crippen LogP contribution in [0.4, 0.5) is 4.79 Å².